The maximum atomic E-state index is 4.23. The molecule has 0 amide bonds. The lowest BCUT2D eigenvalue weighted by Gasteiger charge is -2.19. The molecule has 0 radical (unpaired) electrons. The summed E-state index contributed by atoms with van der Waals surface area (Å²) in [6, 6.07) is 14.1. The second-order valence-electron chi connectivity index (χ2n) is 4.68. The quantitative estimate of drug-likeness (QED) is 0.779. The lowest BCUT2D eigenvalue weighted by atomic mass is 10.1. The molecule has 0 bridgehead atoms. The fraction of sp³-hybridized carbons (Fsp3) is 0.188. The van der Waals surface area contributed by atoms with Crippen molar-refractivity contribution in [2.45, 2.75) is 13.0 Å². The van der Waals surface area contributed by atoms with E-state index in [1.165, 1.54) is 0 Å². The first-order valence-electron chi connectivity index (χ1n) is 6.99. The van der Waals surface area contributed by atoms with Crippen LogP contribution >= 0.6 is 0 Å². The van der Waals surface area contributed by atoms with Crippen molar-refractivity contribution in [1.82, 2.24) is 25.3 Å². The highest BCUT2D eigenvalue weighted by molar-refractivity contribution is 5.35. The van der Waals surface area contributed by atoms with E-state index in [9.17, 15) is 0 Å². The topological polar surface area (TPSA) is 55.6 Å². The molecule has 0 fully saturated rings. The lowest BCUT2D eigenvalue weighted by molar-refractivity contribution is 0.591. The molecule has 1 aromatic carbocycles. The number of hydrogen-bond acceptors (Lipinski definition) is 4. The molecule has 2 aromatic heterocycles. The van der Waals surface area contributed by atoms with Gasteiger partial charge in [0, 0.05) is 12.4 Å². The zero-order valence-electron chi connectivity index (χ0n) is 11.8. The Labute approximate surface area is 123 Å². The third-order valence-electron chi connectivity index (χ3n) is 3.32. The molecular weight excluding hydrogens is 262 g/mol. The van der Waals surface area contributed by atoms with Crippen molar-refractivity contribution >= 4 is 0 Å². The van der Waals surface area contributed by atoms with E-state index in [2.05, 4.69) is 27.5 Å². The molecule has 0 saturated heterocycles. The van der Waals surface area contributed by atoms with Gasteiger partial charge in [-0.15, -0.1) is 5.10 Å². The Hall–Kier alpha value is -2.53. The average molecular weight is 279 g/mol. The molecule has 5 heteroatoms. The summed E-state index contributed by atoms with van der Waals surface area (Å²) in [6.45, 7) is 2.94. The molecule has 3 aromatic rings. The van der Waals surface area contributed by atoms with Crippen LogP contribution in [0.4, 0.5) is 0 Å². The van der Waals surface area contributed by atoms with Crippen LogP contribution in [0.3, 0.4) is 0 Å². The minimum absolute atomic E-state index is 0.0354. The van der Waals surface area contributed by atoms with Gasteiger partial charge in [0.25, 0.3) is 0 Å². The Morgan fingerprint density at radius 2 is 1.86 bits per heavy atom. The first-order valence-corrected chi connectivity index (χ1v) is 6.99. The lowest BCUT2D eigenvalue weighted by Crippen LogP contribution is -2.24. The van der Waals surface area contributed by atoms with Gasteiger partial charge in [0.15, 0.2) is 0 Å². The van der Waals surface area contributed by atoms with Crippen molar-refractivity contribution in [1.29, 1.82) is 0 Å². The molecular formula is C16H17N5. The van der Waals surface area contributed by atoms with E-state index in [-0.39, 0.29) is 6.04 Å². The molecule has 0 aliphatic rings. The van der Waals surface area contributed by atoms with Crippen LogP contribution in [0, 0.1) is 0 Å². The molecule has 1 atom stereocenters. The molecule has 0 aliphatic carbocycles. The minimum Gasteiger partial charge on any atom is -0.305 e. The summed E-state index contributed by atoms with van der Waals surface area (Å²) in [5, 5.41) is 11.8. The van der Waals surface area contributed by atoms with Gasteiger partial charge >= 0.3 is 0 Å². The van der Waals surface area contributed by atoms with Crippen molar-refractivity contribution in [3.05, 3.63) is 72.3 Å². The van der Waals surface area contributed by atoms with E-state index in [4.69, 9.17) is 0 Å². The Kier molecular flexibility index (Phi) is 4.02. The first kappa shape index (κ1) is 13.5. The molecule has 0 saturated carbocycles. The monoisotopic (exact) mass is 279 g/mol. The van der Waals surface area contributed by atoms with Crippen LogP contribution in [-0.4, -0.2) is 26.5 Å². The zero-order valence-corrected chi connectivity index (χ0v) is 11.8. The predicted octanol–water partition coefficient (Wildman–Crippen LogP) is 2.36. The van der Waals surface area contributed by atoms with E-state index in [0.29, 0.717) is 0 Å². The van der Waals surface area contributed by atoms with Gasteiger partial charge in [-0.2, -0.15) is 0 Å². The molecule has 0 aliphatic heterocycles. The number of nitrogens with zero attached hydrogens (tertiary/aromatic N) is 4. The van der Waals surface area contributed by atoms with Crippen molar-refractivity contribution in [3.63, 3.8) is 0 Å². The first-order chi connectivity index (χ1) is 10.4. The van der Waals surface area contributed by atoms with Crippen molar-refractivity contribution in [2.75, 3.05) is 6.54 Å². The highest BCUT2D eigenvalue weighted by atomic mass is 15.4. The molecule has 3 rings (SSSR count). The molecule has 5 nitrogen and oxygen atoms in total. The van der Waals surface area contributed by atoms with E-state index < -0.39 is 0 Å². The number of rotatable bonds is 5. The standard InChI is InChI=1S/C16H17N5/c1-2-18-16(13-8-10-17-11-9-13)15-12-19-20-21(15)14-6-4-3-5-7-14/h3-12,16,18H,2H2,1H3. The van der Waals surface area contributed by atoms with Crippen molar-refractivity contribution < 1.29 is 0 Å². The van der Waals surface area contributed by atoms with Gasteiger partial charge in [0.2, 0.25) is 0 Å². The maximum Gasteiger partial charge on any atom is 0.0860 e. The largest absolute Gasteiger partial charge is 0.305 e. The van der Waals surface area contributed by atoms with E-state index in [1.807, 2.05) is 47.1 Å². The Balaban J connectivity index is 2.04. The Bertz CT molecular complexity index is 678. The van der Waals surface area contributed by atoms with Gasteiger partial charge in [-0.3, -0.25) is 4.98 Å². The van der Waals surface area contributed by atoms with Gasteiger partial charge in [0.1, 0.15) is 0 Å². The second kappa shape index (κ2) is 6.28. The molecule has 2 heterocycles. The second-order valence-corrected chi connectivity index (χ2v) is 4.68. The van der Waals surface area contributed by atoms with Crippen LogP contribution in [-0.2, 0) is 0 Å². The van der Waals surface area contributed by atoms with Crippen LogP contribution < -0.4 is 5.32 Å². The summed E-state index contributed by atoms with van der Waals surface area (Å²) in [4.78, 5) is 4.08. The Morgan fingerprint density at radius 1 is 1.10 bits per heavy atom. The van der Waals surface area contributed by atoms with Crippen LogP contribution in [0.25, 0.3) is 5.69 Å². The Morgan fingerprint density at radius 3 is 2.57 bits per heavy atom. The number of benzene rings is 1. The molecule has 1 N–H and O–H groups in total. The zero-order chi connectivity index (χ0) is 14.5. The summed E-state index contributed by atoms with van der Waals surface area (Å²) in [5.74, 6) is 0. The van der Waals surface area contributed by atoms with Gasteiger partial charge < -0.3 is 5.32 Å². The van der Waals surface area contributed by atoms with E-state index >= 15 is 0 Å². The van der Waals surface area contributed by atoms with Crippen LogP contribution in [0.2, 0.25) is 0 Å². The maximum absolute atomic E-state index is 4.23. The number of para-hydroxylation sites is 1. The number of pyridine rings is 1. The van der Waals surface area contributed by atoms with Crippen molar-refractivity contribution in [2.24, 2.45) is 0 Å². The SMILES string of the molecule is CCNC(c1ccncc1)c1cnnn1-c1ccccc1. The number of nitrogens with one attached hydrogen (secondary N) is 1. The summed E-state index contributed by atoms with van der Waals surface area (Å²) in [6.07, 6.45) is 5.41. The third kappa shape index (κ3) is 2.83. The van der Waals surface area contributed by atoms with Gasteiger partial charge in [-0.05, 0) is 36.4 Å². The third-order valence-corrected chi connectivity index (χ3v) is 3.32. The number of aromatic nitrogens is 4. The van der Waals surface area contributed by atoms with Gasteiger partial charge in [-0.25, -0.2) is 4.68 Å². The summed E-state index contributed by atoms with van der Waals surface area (Å²) in [5.41, 5.74) is 3.16. The van der Waals surface area contributed by atoms with Crippen LogP contribution in [0.15, 0.2) is 61.1 Å². The fourth-order valence-electron chi connectivity index (χ4n) is 2.36. The van der Waals surface area contributed by atoms with Gasteiger partial charge in [-0.1, -0.05) is 30.3 Å². The molecule has 1 unspecified atom stereocenters. The van der Waals surface area contributed by atoms with Gasteiger partial charge in [0.05, 0.1) is 23.6 Å². The fourth-order valence-corrected chi connectivity index (χ4v) is 2.36. The average Bonchev–Trinajstić information content (AvgIpc) is 3.03. The molecule has 21 heavy (non-hydrogen) atoms. The van der Waals surface area contributed by atoms with Crippen LogP contribution in [0.5, 0.6) is 0 Å². The normalized spacial score (nSPS) is 12.2. The number of hydrogen-bond donors (Lipinski definition) is 1. The van der Waals surface area contributed by atoms with Crippen molar-refractivity contribution in [3.8, 4) is 5.69 Å². The van der Waals surface area contributed by atoms with E-state index in [1.54, 1.807) is 18.6 Å². The van der Waals surface area contributed by atoms with E-state index in [0.717, 1.165) is 23.5 Å². The summed E-state index contributed by atoms with van der Waals surface area (Å²) >= 11 is 0. The summed E-state index contributed by atoms with van der Waals surface area (Å²) in [7, 11) is 0. The predicted molar refractivity (Wildman–Crippen MR) is 81.1 cm³/mol. The summed E-state index contributed by atoms with van der Waals surface area (Å²) < 4.78 is 1.87. The highest BCUT2D eigenvalue weighted by Gasteiger charge is 2.18. The molecule has 0 spiro atoms. The minimum atomic E-state index is 0.0354. The highest BCUT2D eigenvalue weighted by Crippen LogP contribution is 2.22. The van der Waals surface area contributed by atoms with Crippen LogP contribution in [0.1, 0.15) is 24.2 Å². The molecule has 106 valence electrons. The smallest absolute Gasteiger partial charge is 0.0860 e.